The molecule has 2 aliphatic heterocycles. The van der Waals surface area contributed by atoms with Crippen LogP contribution in [0.25, 0.3) is 0 Å². The summed E-state index contributed by atoms with van der Waals surface area (Å²) in [5, 5.41) is 6.89. The summed E-state index contributed by atoms with van der Waals surface area (Å²) < 4.78 is 5.40. The molecular weight excluding hydrogens is 308 g/mol. The monoisotopic (exact) mass is 334 g/mol. The molecule has 0 aliphatic carbocycles. The Morgan fingerprint density at radius 3 is 2.67 bits per heavy atom. The number of hydrogen-bond acceptors (Lipinski definition) is 5. The van der Waals surface area contributed by atoms with Gasteiger partial charge < -0.3 is 9.84 Å². The van der Waals surface area contributed by atoms with Gasteiger partial charge in [-0.25, -0.2) is 0 Å². The van der Waals surface area contributed by atoms with E-state index in [1.165, 1.54) is 12.0 Å². The average Bonchev–Trinajstić information content (AvgIpc) is 3.12. The highest BCUT2D eigenvalue weighted by Gasteiger charge is 2.59. The standard InChI is InChI=1S/C17H24N2O2.CH2O2/c1-3-17(16(20)21-4-2)11-14-5-6-15(17)19(14)12-13-7-9-18-10-8-13;2-1-3/h7-10,14-15H,3-6,11-12H2,1-2H3;1H,(H,2,3)/t14-,15+,17+;/m0./s1. The van der Waals surface area contributed by atoms with E-state index in [9.17, 15) is 4.79 Å². The molecule has 1 aromatic rings. The van der Waals surface area contributed by atoms with Crippen LogP contribution in [-0.4, -0.2) is 46.1 Å². The lowest BCUT2D eigenvalue weighted by atomic mass is 9.72. The fraction of sp³-hybridized carbons (Fsp3) is 0.611. The molecule has 6 heteroatoms. The molecule has 0 amide bonds. The Morgan fingerprint density at radius 2 is 2.08 bits per heavy atom. The normalized spacial score (nSPS) is 28.1. The Hall–Kier alpha value is -1.95. The van der Waals surface area contributed by atoms with Crippen molar-refractivity contribution in [2.45, 2.75) is 58.2 Å². The van der Waals surface area contributed by atoms with E-state index in [0.29, 0.717) is 18.7 Å². The predicted octanol–water partition coefficient (Wildman–Crippen LogP) is 2.48. The Balaban J connectivity index is 0.000000647. The van der Waals surface area contributed by atoms with Gasteiger partial charge in [0.15, 0.2) is 0 Å². The molecular formula is C18H26N2O4. The van der Waals surface area contributed by atoms with E-state index >= 15 is 0 Å². The topological polar surface area (TPSA) is 79.7 Å². The number of hydrogen-bond donors (Lipinski definition) is 1. The fourth-order valence-electron chi connectivity index (χ4n) is 4.26. The lowest BCUT2D eigenvalue weighted by Crippen LogP contribution is -2.43. The van der Waals surface area contributed by atoms with Crippen LogP contribution in [0, 0.1) is 5.41 Å². The molecule has 2 aliphatic rings. The lowest BCUT2D eigenvalue weighted by molar-refractivity contribution is -0.157. The maximum atomic E-state index is 12.5. The fourth-order valence-corrected chi connectivity index (χ4v) is 4.26. The number of fused-ring (bicyclic) bond motifs is 2. The van der Waals surface area contributed by atoms with E-state index in [-0.39, 0.29) is 17.9 Å². The summed E-state index contributed by atoms with van der Waals surface area (Å²) in [5.74, 6) is 0.0134. The SMILES string of the molecule is CCOC(=O)[C@]1(CC)C[C@@H]2CC[C@H]1N2Cc1ccncc1.O=CO. The number of carbonyl (C=O) groups is 2. The molecule has 3 rings (SSSR count). The van der Waals surface area contributed by atoms with E-state index in [1.54, 1.807) is 0 Å². The minimum absolute atomic E-state index is 0.0134. The predicted molar refractivity (Wildman–Crippen MR) is 89.3 cm³/mol. The number of nitrogens with zero attached hydrogens (tertiary/aromatic N) is 2. The molecule has 0 aromatic carbocycles. The van der Waals surface area contributed by atoms with E-state index < -0.39 is 0 Å². The van der Waals surface area contributed by atoms with Crippen LogP contribution in [0.15, 0.2) is 24.5 Å². The van der Waals surface area contributed by atoms with Crippen LogP contribution in [0.4, 0.5) is 0 Å². The summed E-state index contributed by atoms with van der Waals surface area (Å²) in [5.41, 5.74) is 0.990. The molecule has 1 aromatic heterocycles. The molecule has 2 saturated heterocycles. The van der Waals surface area contributed by atoms with Crippen molar-refractivity contribution in [2.24, 2.45) is 5.41 Å². The van der Waals surface area contributed by atoms with Gasteiger partial charge in [-0.15, -0.1) is 0 Å². The quantitative estimate of drug-likeness (QED) is 0.658. The number of aromatic nitrogens is 1. The van der Waals surface area contributed by atoms with Crippen LogP contribution in [-0.2, 0) is 20.9 Å². The zero-order chi connectivity index (χ0) is 17.6. The van der Waals surface area contributed by atoms with Crippen molar-refractivity contribution in [3.05, 3.63) is 30.1 Å². The number of carbonyl (C=O) groups excluding carboxylic acids is 1. The number of carboxylic acid groups (broad SMARTS) is 1. The van der Waals surface area contributed by atoms with E-state index in [2.05, 4.69) is 28.9 Å². The van der Waals surface area contributed by atoms with Crippen molar-refractivity contribution in [1.82, 2.24) is 9.88 Å². The van der Waals surface area contributed by atoms with Gasteiger partial charge in [0.05, 0.1) is 12.0 Å². The van der Waals surface area contributed by atoms with Gasteiger partial charge in [0.1, 0.15) is 0 Å². The first-order chi connectivity index (χ1) is 11.6. The van der Waals surface area contributed by atoms with Gasteiger partial charge in [-0.2, -0.15) is 0 Å². The number of ether oxygens (including phenoxy) is 1. The zero-order valence-electron chi connectivity index (χ0n) is 14.4. The van der Waals surface area contributed by atoms with E-state index in [0.717, 1.165) is 25.8 Å². The van der Waals surface area contributed by atoms with Crippen molar-refractivity contribution in [2.75, 3.05) is 6.61 Å². The first kappa shape index (κ1) is 18.4. The van der Waals surface area contributed by atoms with Crippen LogP contribution in [0.1, 0.15) is 45.1 Å². The van der Waals surface area contributed by atoms with Gasteiger partial charge in [-0.3, -0.25) is 19.5 Å². The second-order valence-electron chi connectivity index (χ2n) is 6.31. The van der Waals surface area contributed by atoms with Crippen LogP contribution in [0.2, 0.25) is 0 Å². The average molecular weight is 334 g/mol. The first-order valence-corrected chi connectivity index (χ1v) is 8.52. The second kappa shape index (κ2) is 8.24. The summed E-state index contributed by atoms with van der Waals surface area (Å²) in [6, 6.07) is 4.98. The molecule has 6 nitrogen and oxygen atoms in total. The third-order valence-electron chi connectivity index (χ3n) is 5.31. The van der Waals surface area contributed by atoms with Crippen LogP contribution < -0.4 is 0 Å². The summed E-state index contributed by atoms with van der Waals surface area (Å²) >= 11 is 0. The molecule has 2 fully saturated rings. The summed E-state index contributed by atoms with van der Waals surface area (Å²) in [4.78, 5) is 27.5. The molecule has 1 N–H and O–H groups in total. The minimum Gasteiger partial charge on any atom is -0.483 e. The molecule has 0 spiro atoms. The highest BCUT2D eigenvalue weighted by Crippen LogP contribution is 2.52. The number of rotatable bonds is 5. The summed E-state index contributed by atoms with van der Waals surface area (Å²) in [6.07, 6.45) is 7.83. The Bertz CT molecular complexity index is 551. The van der Waals surface area contributed by atoms with Gasteiger partial charge in [0, 0.05) is 31.0 Å². The lowest BCUT2D eigenvalue weighted by Gasteiger charge is -2.34. The van der Waals surface area contributed by atoms with Crippen LogP contribution in [0.3, 0.4) is 0 Å². The van der Waals surface area contributed by atoms with Gasteiger partial charge >= 0.3 is 5.97 Å². The third-order valence-corrected chi connectivity index (χ3v) is 5.31. The molecule has 3 heterocycles. The Labute approximate surface area is 142 Å². The molecule has 0 unspecified atom stereocenters. The molecule has 132 valence electrons. The Kier molecular flexibility index (Phi) is 6.31. The van der Waals surface area contributed by atoms with Gasteiger partial charge in [0.25, 0.3) is 6.47 Å². The van der Waals surface area contributed by atoms with Crippen molar-refractivity contribution in [1.29, 1.82) is 0 Å². The zero-order valence-corrected chi connectivity index (χ0v) is 14.4. The van der Waals surface area contributed by atoms with Crippen molar-refractivity contribution < 1.29 is 19.4 Å². The second-order valence-corrected chi connectivity index (χ2v) is 6.31. The van der Waals surface area contributed by atoms with Crippen LogP contribution in [0.5, 0.6) is 0 Å². The highest BCUT2D eigenvalue weighted by molar-refractivity contribution is 5.78. The third kappa shape index (κ3) is 3.43. The summed E-state index contributed by atoms with van der Waals surface area (Å²) in [7, 11) is 0. The minimum atomic E-state index is -0.286. The van der Waals surface area contributed by atoms with Crippen molar-refractivity contribution in [3.63, 3.8) is 0 Å². The first-order valence-electron chi connectivity index (χ1n) is 8.52. The molecule has 2 bridgehead atoms. The molecule has 0 saturated carbocycles. The smallest absolute Gasteiger partial charge is 0.313 e. The van der Waals surface area contributed by atoms with E-state index in [1.807, 2.05) is 19.3 Å². The number of esters is 1. The maximum absolute atomic E-state index is 12.5. The largest absolute Gasteiger partial charge is 0.483 e. The van der Waals surface area contributed by atoms with Crippen LogP contribution >= 0.6 is 0 Å². The number of pyridine rings is 1. The molecule has 24 heavy (non-hydrogen) atoms. The Morgan fingerprint density at radius 1 is 1.42 bits per heavy atom. The highest BCUT2D eigenvalue weighted by atomic mass is 16.5. The van der Waals surface area contributed by atoms with Gasteiger partial charge in [-0.1, -0.05) is 6.92 Å². The van der Waals surface area contributed by atoms with Crippen molar-refractivity contribution >= 4 is 12.4 Å². The van der Waals surface area contributed by atoms with E-state index in [4.69, 9.17) is 14.6 Å². The maximum Gasteiger partial charge on any atom is 0.313 e. The summed E-state index contributed by atoms with van der Waals surface area (Å²) in [6.45, 7) is 5.16. The molecule has 0 radical (unpaired) electrons. The molecule has 3 atom stereocenters. The van der Waals surface area contributed by atoms with Crippen molar-refractivity contribution in [3.8, 4) is 0 Å². The van der Waals surface area contributed by atoms with Gasteiger partial charge in [-0.05, 0) is 50.3 Å². The van der Waals surface area contributed by atoms with Gasteiger partial charge in [0.2, 0.25) is 0 Å².